The van der Waals surface area contributed by atoms with Gasteiger partial charge in [-0.2, -0.15) is 0 Å². The molecule has 0 fully saturated rings. The molecule has 0 bridgehead atoms. The van der Waals surface area contributed by atoms with Gasteiger partial charge in [0.2, 0.25) is 0 Å². The van der Waals surface area contributed by atoms with Gasteiger partial charge < -0.3 is 0 Å². The van der Waals surface area contributed by atoms with Gasteiger partial charge in [-0.15, -0.1) is 0 Å². The van der Waals surface area contributed by atoms with Crippen molar-refractivity contribution in [3.05, 3.63) is 77.9 Å². The van der Waals surface area contributed by atoms with E-state index in [4.69, 9.17) is 0 Å². The minimum Gasteiger partial charge on any atom is -0.295 e. The van der Waals surface area contributed by atoms with Gasteiger partial charge in [0, 0.05) is 0 Å². The quantitative estimate of drug-likeness (QED) is 0.502. The van der Waals surface area contributed by atoms with Crippen molar-refractivity contribution in [2.24, 2.45) is 11.7 Å². The van der Waals surface area contributed by atoms with E-state index in [1.54, 1.807) is 13.0 Å². The van der Waals surface area contributed by atoms with Crippen LogP contribution >= 0.6 is 0 Å². The molecule has 0 saturated heterocycles. The summed E-state index contributed by atoms with van der Waals surface area (Å²) in [6.45, 7) is 1.58. The van der Waals surface area contributed by atoms with Crippen molar-refractivity contribution in [3.8, 4) is 0 Å². The Balaban J connectivity index is 0.000000861. The molecule has 0 radical (unpaired) electrons. The van der Waals surface area contributed by atoms with E-state index in [1.807, 2.05) is 60.7 Å². The monoisotopic (exact) mass is 254 g/mol. The van der Waals surface area contributed by atoms with Gasteiger partial charge in [-0.1, -0.05) is 60.7 Å². The molecule has 0 amide bonds. The predicted octanol–water partition coefficient (Wildman–Crippen LogP) is 2.53. The van der Waals surface area contributed by atoms with Crippen LogP contribution < -0.4 is 11.7 Å². The number of ketones is 1. The second-order valence-corrected chi connectivity index (χ2v) is 3.90. The Bertz CT molecular complexity index is 492. The molecule has 2 aromatic rings. The first kappa shape index (κ1) is 14.8. The molecule has 2 rings (SSSR count). The third-order valence-corrected chi connectivity index (χ3v) is 2.52. The Morgan fingerprint density at radius 3 is 1.53 bits per heavy atom. The third kappa shape index (κ3) is 4.50. The fraction of sp³-hybridized carbons (Fsp3) is 0.0625. The molecule has 98 valence electrons. The van der Waals surface area contributed by atoms with Crippen LogP contribution in [0.4, 0.5) is 0 Å². The van der Waals surface area contributed by atoms with E-state index in [0.717, 1.165) is 16.7 Å². The molecule has 19 heavy (non-hydrogen) atoms. The zero-order valence-corrected chi connectivity index (χ0v) is 10.9. The van der Waals surface area contributed by atoms with E-state index < -0.39 is 0 Å². The smallest absolute Gasteiger partial charge is 0.153 e. The molecule has 0 atom stereocenters. The molecular weight excluding hydrogens is 236 g/mol. The lowest BCUT2D eigenvalue weighted by molar-refractivity contribution is -0.112. The number of carbonyl (C=O) groups excluding carboxylic acids is 1. The van der Waals surface area contributed by atoms with E-state index >= 15 is 0 Å². The zero-order valence-electron chi connectivity index (χ0n) is 10.9. The summed E-state index contributed by atoms with van der Waals surface area (Å²) in [7, 11) is 0. The van der Waals surface area contributed by atoms with Crippen molar-refractivity contribution in [1.82, 2.24) is 0 Å². The Morgan fingerprint density at radius 2 is 1.21 bits per heavy atom. The highest BCUT2D eigenvalue weighted by atomic mass is 16.1. The summed E-state index contributed by atoms with van der Waals surface area (Å²) >= 11 is 0. The normalized spacial score (nSPS) is 9.00. The van der Waals surface area contributed by atoms with E-state index in [1.165, 1.54) is 0 Å². The first-order chi connectivity index (χ1) is 9.27. The molecule has 0 aliphatic heterocycles. The van der Waals surface area contributed by atoms with Crippen LogP contribution in [0.25, 0.3) is 5.57 Å². The van der Waals surface area contributed by atoms with Crippen LogP contribution in [0.2, 0.25) is 0 Å². The summed E-state index contributed by atoms with van der Waals surface area (Å²) in [6, 6.07) is 19.9. The molecule has 0 aliphatic rings. The van der Waals surface area contributed by atoms with Gasteiger partial charge in [0.05, 0.1) is 0 Å². The van der Waals surface area contributed by atoms with E-state index in [0.29, 0.717) is 0 Å². The van der Waals surface area contributed by atoms with E-state index in [-0.39, 0.29) is 5.78 Å². The Morgan fingerprint density at radius 1 is 0.842 bits per heavy atom. The summed E-state index contributed by atoms with van der Waals surface area (Å²) in [5.74, 6) is 8.06. The maximum absolute atomic E-state index is 11.3. The van der Waals surface area contributed by atoms with Crippen molar-refractivity contribution in [1.29, 1.82) is 0 Å². The lowest BCUT2D eigenvalue weighted by Gasteiger charge is -2.07. The molecule has 0 aliphatic carbocycles. The highest BCUT2D eigenvalue weighted by Crippen LogP contribution is 2.22. The van der Waals surface area contributed by atoms with Gasteiger partial charge in [-0.25, -0.2) is 0 Å². The van der Waals surface area contributed by atoms with Crippen molar-refractivity contribution in [3.63, 3.8) is 0 Å². The summed E-state index contributed by atoms with van der Waals surface area (Å²) in [6.07, 6.45) is 1.69. The summed E-state index contributed by atoms with van der Waals surface area (Å²) in [5, 5.41) is 0. The highest BCUT2D eigenvalue weighted by molar-refractivity contribution is 5.99. The molecule has 0 heterocycles. The molecule has 3 nitrogen and oxygen atoms in total. The molecule has 0 saturated carbocycles. The third-order valence-electron chi connectivity index (χ3n) is 2.52. The minimum atomic E-state index is 0.0627. The molecule has 0 spiro atoms. The van der Waals surface area contributed by atoms with E-state index in [9.17, 15) is 4.79 Å². The highest BCUT2D eigenvalue weighted by Gasteiger charge is 2.04. The van der Waals surface area contributed by atoms with Crippen LogP contribution in [0.1, 0.15) is 18.1 Å². The Labute approximate surface area is 113 Å². The van der Waals surface area contributed by atoms with E-state index in [2.05, 4.69) is 11.7 Å². The Kier molecular flexibility index (Phi) is 6.22. The van der Waals surface area contributed by atoms with Crippen LogP contribution in [-0.2, 0) is 4.79 Å². The fourth-order valence-electron chi connectivity index (χ4n) is 1.77. The van der Waals surface area contributed by atoms with Gasteiger partial charge in [-0.3, -0.25) is 16.5 Å². The van der Waals surface area contributed by atoms with Gasteiger partial charge in [-0.05, 0) is 29.7 Å². The number of nitrogens with two attached hydrogens (primary N) is 2. The first-order valence-corrected chi connectivity index (χ1v) is 5.94. The van der Waals surface area contributed by atoms with Crippen molar-refractivity contribution in [2.45, 2.75) is 6.92 Å². The number of allylic oxidation sites excluding steroid dienone is 1. The average molecular weight is 254 g/mol. The van der Waals surface area contributed by atoms with Crippen LogP contribution in [0.5, 0.6) is 0 Å². The van der Waals surface area contributed by atoms with Crippen LogP contribution in [0.15, 0.2) is 66.7 Å². The predicted molar refractivity (Wildman–Crippen MR) is 79.0 cm³/mol. The SMILES string of the molecule is CC(=O)C=C(c1ccccc1)c1ccccc1.NN. The minimum absolute atomic E-state index is 0.0627. The van der Waals surface area contributed by atoms with Gasteiger partial charge in [0.25, 0.3) is 0 Å². The molecule has 4 N–H and O–H groups in total. The van der Waals surface area contributed by atoms with Gasteiger partial charge in [0.1, 0.15) is 0 Å². The summed E-state index contributed by atoms with van der Waals surface area (Å²) in [4.78, 5) is 11.3. The second-order valence-electron chi connectivity index (χ2n) is 3.90. The maximum atomic E-state index is 11.3. The van der Waals surface area contributed by atoms with Gasteiger partial charge in [0.15, 0.2) is 5.78 Å². The molecule has 3 heteroatoms. The number of rotatable bonds is 3. The van der Waals surface area contributed by atoms with Gasteiger partial charge >= 0.3 is 0 Å². The molecule has 0 aromatic heterocycles. The average Bonchev–Trinajstić information content (AvgIpc) is 2.48. The molecular formula is C16H18N2O. The number of carbonyl (C=O) groups is 1. The van der Waals surface area contributed by atoms with Crippen LogP contribution in [0.3, 0.4) is 0 Å². The fourth-order valence-corrected chi connectivity index (χ4v) is 1.77. The topological polar surface area (TPSA) is 69.1 Å². The molecule has 2 aromatic carbocycles. The van der Waals surface area contributed by atoms with Crippen LogP contribution in [0, 0.1) is 0 Å². The second kappa shape index (κ2) is 7.97. The lowest BCUT2D eigenvalue weighted by Crippen LogP contribution is -2.02. The lowest BCUT2D eigenvalue weighted by atomic mass is 9.97. The standard InChI is InChI=1S/C16H14O.H4N2/c1-13(17)12-16(14-8-4-2-5-9-14)15-10-6-3-7-11-15;1-2/h2-12H,1H3;1-2H2. The van der Waals surface area contributed by atoms with Crippen molar-refractivity contribution < 1.29 is 4.79 Å². The van der Waals surface area contributed by atoms with Crippen molar-refractivity contribution >= 4 is 11.4 Å². The summed E-state index contributed by atoms with van der Waals surface area (Å²) in [5.41, 5.74) is 3.10. The maximum Gasteiger partial charge on any atom is 0.153 e. The largest absolute Gasteiger partial charge is 0.295 e. The zero-order chi connectivity index (χ0) is 14.1. The number of hydrogen-bond acceptors (Lipinski definition) is 3. The number of hydrazine groups is 1. The Hall–Kier alpha value is -2.23. The van der Waals surface area contributed by atoms with Crippen LogP contribution in [-0.4, -0.2) is 5.78 Å². The summed E-state index contributed by atoms with van der Waals surface area (Å²) < 4.78 is 0. The first-order valence-electron chi connectivity index (χ1n) is 5.94. The van der Waals surface area contributed by atoms with Crippen molar-refractivity contribution in [2.75, 3.05) is 0 Å². The number of hydrogen-bond donors (Lipinski definition) is 2. The number of benzene rings is 2. The molecule has 0 unspecified atom stereocenters.